The van der Waals surface area contributed by atoms with Crippen molar-refractivity contribution in [2.75, 3.05) is 0 Å². The summed E-state index contributed by atoms with van der Waals surface area (Å²) in [5, 5.41) is 12.1. The van der Waals surface area contributed by atoms with Gasteiger partial charge in [0.05, 0.1) is 29.9 Å². The van der Waals surface area contributed by atoms with Gasteiger partial charge in [0.1, 0.15) is 0 Å². The fourth-order valence-corrected chi connectivity index (χ4v) is 5.16. The number of hydrogen-bond donors (Lipinski definition) is 0. The second-order valence-electron chi connectivity index (χ2n) is 9.71. The van der Waals surface area contributed by atoms with Crippen molar-refractivity contribution in [1.82, 2.24) is 0 Å². The van der Waals surface area contributed by atoms with E-state index in [1.54, 1.807) is 0 Å². The van der Waals surface area contributed by atoms with Gasteiger partial charge in [-0.05, 0) is 41.8 Å². The fraction of sp³-hybridized carbons (Fsp3) is 0.143. The Morgan fingerprint density at radius 1 is 0.452 bits per heavy atom. The molecule has 42 heavy (non-hydrogen) atoms. The zero-order valence-corrected chi connectivity index (χ0v) is 31.4. The zero-order chi connectivity index (χ0) is 24.9. The molecule has 4 aromatic carbocycles. The minimum atomic E-state index is -0.0722. The molecule has 0 fully saturated rings. The third-order valence-electron chi connectivity index (χ3n) is 7.01. The van der Waals surface area contributed by atoms with Gasteiger partial charge in [-0.2, -0.15) is 0 Å². The van der Waals surface area contributed by atoms with Gasteiger partial charge in [0.25, 0.3) is 0 Å². The van der Waals surface area contributed by atoms with Crippen LogP contribution in [0.1, 0.15) is 47.9 Å². The Balaban J connectivity index is 0. The molecule has 4 aromatic rings. The first-order valence-electron chi connectivity index (χ1n) is 12.7. The second kappa shape index (κ2) is 20.6. The molecular weight excluding hydrogens is 820 g/mol. The molecule has 0 bridgehead atoms. The van der Waals surface area contributed by atoms with Crippen LogP contribution in [0.4, 0.5) is 0 Å². The van der Waals surface area contributed by atoms with Crippen molar-refractivity contribution in [1.29, 1.82) is 0 Å². The van der Waals surface area contributed by atoms with Crippen LogP contribution in [0, 0.1) is 11.8 Å². The Morgan fingerprint density at radius 3 is 0.905 bits per heavy atom. The van der Waals surface area contributed by atoms with Crippen LogP contribution in [-0.4, -0.2) is 54.6 Å². The van der Waals surface area contributed by atoms with E-state index < -0.39 is 0 Å². The number of benzene rings is 4. The Morgan fingerprint density at radius 2 is 0.690 bits per heavy atom. The molecule has 0 aliphatic heterocycles. The average Bonchev–Trinajstić information content (AvgIpc) is 2.93. The molecule has 0 spiro atoms. The van der Waals surface area contributed by atoms with Crippen molar-refractivity contribution in [3.8, 4) is 0 Å². The Hall–Kier alpha value is -1.30. The van der Waals surface area contributed by atoms with Gasteiger partial charge in [0.2, 0.25) is 0 Å². The summed E-state index contributed by atoms with van der Waals surface area (Å²) in [6, 6.07) is 42.0. The molecule has 0 aromatic heterocycles. The largest absolute Gasteiger partial charge is 1.00 e. The van der Waals surface area contributed by atoms with Crippen molar-refractivity contribution < 1.29 is 49.6 Å². The predicted molar refractivity (Wildman–Crippen MR) is 164 cm³/mol. The fourth-order valence-electron chi connectivity index (χ4n) is 5.16. The van der Waals surface area contributed by atoms with Gasteiger partial charge < -0.3 is 55.0 Å². The number of allylic oxidation sites excluding steroid dienone is 4. The van der Waals surface area contributed by atoms with Crippen LogP contribution < -0.4 is 49.6 Å². The number of nitrogens with zero attached hydrogens (tertiary/aromatic N) is 1. The molecule has 1 aliphatic rings. The molecule has 1 aliphatic carbocycles. The van der Waals surface area contributed by atoms with E-state index in [0.717, 1.165) is 11.1 Å². The van der Waals surface area contributed by atoms with Gasteiger partial charge in [-0.25, -0.2) is 0 Å². The van der Waals surface area contributed by atoms with Crippen LogP contribution >= 0.6 is 0 Å². The minimum absolute atomic E-state index is 0. The minimum Gasteiger partial charge on any atom is -1.00 e. The molecule has 0 unspecified atom stereocenters. The van der Waals surface area contributed by atoms with Crippen molar-refractivity contribution in [3.05, 3.63) is 178 Å². The topological polar surface area (TPSA) is 22.3 Å². The standard InChI is InChI=1S/C35H31N.4ClH.2Sb/c1-25(2)30-23-31(33(26-15-7-3-8-16-26)27-17-9-4-10-18-27)35(36)32(24-30)34(28-19-11-5-12-20-28)29-21-13-6-14-22-29;;;;;;/h3-25,33-34H,1-2H3;4*1H;;/p-4. The van der Waals surface area contributed by atoms with E-state index in [9.17, 15) is 5.41 Å². The number of rotatable bonds is 7. The molecule has 0 amide bonds. The van der Waals surface area contributed by atoms with Gasteiger partial charge in [-0.3, -0.25) is 0 Å². The van der Waals surface area contributed by atoms with Crippen molar-refractivity contribution in [2.24, 2.45) is 5.92 Å². The molecule has 7 heteroatoms. The molecule has 5 rings (SSSR count). The molecule has 1 nitrogen and oxygen atoms in total. The first-order chi connectivity index (χ1) is 17.6. The molecule has 0 saturated carbocycles. The molecule has 0 saturated heterocycles. The predicted octanol–water partition coefficient (Wildman–Crippen LogP) is -3.99. The summed E-state index contributed by atoms with van der Waals surface area (Å²) >= 11 is 0. The zero-order valence-electron chi connectivity index (χ0n) is 23.3. The van der Waals surface area contributed by atoms with Crippen molar-refractivity contribution >= 4 is 54.6 Å². The maximum Gasteiger partial charge on any atom is 0.0782 e. The van der Waals surface area contributed by atoms with Gasteiger partial charge >= 0.3 is 0 Å². The van der Waals surface area contributed by atoms with Gasteiger partial charge in [-0.15, -0.1) is 0 Å². The monoisotopic (exact) mass is 847 g/mol. The van der Waals surface area contributed by atoms with Crippen LogP contribution in [-0.2, 0) is 0 Å². The maximum absolute atomic E-state index is 12.1. The summed E-state index contributed by atoms with van der Waals surface area (Å²) in [5.41, 5.74) is 6.94. The summed E-state index contributed by atoms with van der Waals surface area (Å²) in [6.07, 6.45) is 4.42. The van der Waals surface area contributed by atoms with Crippen LogP contribution in [0.2, 0.25) is 0 Å². The SMILES string of the molecule is CC(C)[C+]1C=C(C(c2ccccc2)c2ccccc2)C(=[N-])C(C(c2ccccc2)c2ccccc2)=C1.[Cl-].[Cl-].[Cl-].[Cl-].[Sb].[Sb]. The third-order valence-corrected chi connectivity index (χ3v) is 7.01. The molecule has 0 heterocycles. The Bertz CT molecular complexity index is 1200. The second-order valence-corrected chi connectivity index (χ2v) is 9.71. The maximum atomic E-state index is 12.1. The van der Waals surface area contributed by atoms with Crippen LogP contribution in [0.3, 0.4) is 0 Å². The van der Waals surface area contributed by atoms with Crippen LogP contribution in [0.15, 0.2) is 145 Å². The summed E-state index contributed by atoms with van der Waals surface area (Å²) in [6.45, 7) is 4.44. The van der Waals surface area contributed by atoms with Crippen LogP contribution in [0.25, 0.3) is 5.41 Å². The van der Waals surface area contributed by atoms with E-state index in [1.807, 2.05) is 24.3 Å². The summed E-state index contributed by atoms with van der Waals surface area (Å²) < 4.78 is 0. The van der Waals surface area contributed by atoms with E-state index in [-0.39, 0.29) is 110 Å². The smallest absolute Gasteiger partial charge is 0.0782 e. The first kappa shape index (κ1) is 42.8. The van der Waals surface area contributed by atoms with Crippen molar-refractivity contribution in [3.63, 3.8) is 0 Å². The quantitative estimate of drug-likeness (QED) is 0.134. The van der Waals surface area contributed by atoms with Gasteiger partial charge in [0.15, 0.2) is 0 Å². The van der Waals surface area contributed by atoms with Gasteiger partial charge in [-0.1, -0.05) is 121 Å². The van der Waals surface area contributed by atoms with Crippen LogP contribution in [0.5, 0.6) is 0 Å². The molecule has 6 radical (unpaired) electrons. The van der Waals surface area contributed by atoms with E-state index in [4.69, 9.17) is 0 Å². The van der Waals surface area contributed by atoms with Gasteiger partial charge in [0, 0.05) is 65.9 Å². The summed E-state index contributed by atoms with van der Waals surface area (Å²) in [4.78, 5) is 0. The number of hydrogen-bond acceptors (Lipinski definition) is 0. The Labute approximate surface area is 311 Å². The van der Waals surface area contributed by atoms with E-state index >= 15 is 0 Å². The molecule has 0 N–H and O–H groups in total. The normalized spacial score (nSPS) is 11.8. The molecule has 218 valence electrons. The van der Waals surface area contributed by atoms with E-state index in [1.165, 1.54) is 28.2 Å². The van der Waals surface area contributed by atoms with E-state index in [2.05, 4.69) is 123 Å². The summed E-state index contributed by atoms with van der Waals surface area (Å²) in [7, 11) is 0. The van der Waals surface area contributed by atoms with Crippen molar-refractivity contribution in [2.45, 2.75) is 25.7 Å². The summed E-state index contributed by atoms with van der Waals surface area (Å²) in [5.74, 6) is 1.41. The Kier molecular flexibility index (Phi) is 21.0. The molecule has 0 atom stereocenters. The first-order valence-corrected chi connectivity index (χ1v) is 12.7. The third kappa shape index (κ3) is 9.86. The number of halogens is 4. The molecular formula is C35H31Cl4NSb2-4. The van der Waals surface area contributed by atoms with E-state index in [0.29, 0.717) is 11.6 Å². The average molecular weight is 851 g/mol.